The third-order valence-electron chi connectivity index (χ3n) is 5.70. The molecule has 0 radical (unpaired) electrons. The van der Waals surface area contributed by atoms with Gasteiger partial charge in [-0.25, -0.2) is 4.79 Å². The molecule has 4 rings (SSSR count). The fourth-order valence-electron chi connectivity index (χ4n) is 4.12. The molecular formula is C22H25NO3S. The van der Waals surface area contributed by atoms with Crippen molar-refractivity contribution in [2.45, 2.75) is 45.4 Å². The minimum Gasteiger partial charge on any atom is -0.451 e. The van der Waals surface area contributed by atoms with Gasteiger partial charge in [-0.15, -0.1) is 11.3 Å². The number of ether oxygens (including phenoxy) is 1. The molecule has 142 valence electrons. The van der Waals surface area contributed by atoms with Crippen LogP contribution >= 0.6 is 11.3 Å². The zero-order valence-corrected chi connectivity index (χ0v) is 16.5. The average molecular weight is 384 g/mol. The number of aryl methyl sites for hydroxylation is 2. The fourth-order valence-corrected chi connectivity index (χ4v) is 5.22. The molecule has 1 amide bonds. The normalized spacial score (nSPS) is 18.6. The van der Waals surface area contributed by atoms with Crippen molar-refractivity contribution >= 4 is 28.9 Å². The maximum absolute atomic E-state index is 12.6. The summed E-state index contributed by atoms with van der Waals surface area (Å²) >= 11 is 1.53. The number of esters is 1. The number of benzene rings is 1. The van der Waals surface area contributed by atoms with E-state index in [-0.39, 0.29) is 18.5 Å². The molecule has 0 saturated carbocycles. The highest BCUT2D eigenvalue weighted by atomic mass is 32.1. The van der Waals surface area contributed by atoms with Crippen LogP contribution in [0.3, 0.4) is 0 Å². The monoisotopic (exact) mass is 383 g/mol. The molecule has 4 nitrogen and oxygen atoms in total. The number of para-hydroxylation sites is 1. The van der Waals surface area contributed by atoms with E-state index in [0.717, 1.165) is 37.3 Å². The number of fused-ring (bicyclic) bond motifs is 2. The Labute approximate surface area is 164 Å². The van der Waals surface area contributed by atoms with Gasteiger partial charge in [-0.2, -0.15) is 0 Å². The highest BCUT2D eigenvalue weighted by molar-refractivity contribution is 7.14. The van der Waals surface area contributed by atoms with Crippen LogP contribution in [0.2, 0.25) is 0 Å². The van der Waals surface area contributed by atoms with Crippen molar-refractivity contribution in [2.24, 2.45) is 5.92 Å². The molecular weight excluding hydrogens is 358 g/mol. The van der Waals surface area contributed by atoms with Crippen LogP contribution in [0.25, 0.3) is 0 Å². The van der Waals surface area contributed by atoms with Gasteiger partial charge in [0.15, 0.2) is 6.61 Å². The van der Waals surface area contributed by atoms with Gasteiger partial charge in [-0.3, -0.25) is 4.79 Å². The standard InChI is InChI=1S/C22H25NO3S/c1-2-15-9-10-19-17(12-15)13-20(27-19)22(25)26-14-21(24)23-11-5-7-16-6-3-4-8-18(16)23/h3-4,6,8,13,15H,2,5,7,9-12,14H2,1H3/t15-/m0/s1. The van der Waals surface area contributed by atoms with Gasteiger partial charge in [0.25, 0.3) is 5.91 Å². The van der Waals surface area contributed by atoms with Crippen molar-refractivity contribution < 1.29 is 14.3 Å². The van der Waals surface area contributed by atoms with E-state index in [9.17, 15) is 9.59 Å². The summed E-state index contributed by atoms with van der Waals surface area (Å²) in [5.74, 6) is 0.195. The predicted molar refractivity (Wildman–Crippen MR) is 108 cm³/mol. The van der Waals surface area contributed by atoms with Crippen molar-refractivity contribution in [3.63, 3.8) is 0 Å². The van der Waals surface area contributed by atoms with E-state index in [2.05, 4.69) is 13.0 Å². The Hall–Kier alpha value is -2.14. The van der Waals surface area contributed by atoms with E-state index in [0.29, 0.717) is 11.4 Å². The Morgan fingerprint density at radius 1 is 1.22 bits per heavy atom. The number of carbonyl (C=O) groups excluding carboxylic acids is 2. The van der Waals surface area contributed by atoms with E-state index < -0.39 is 0 Å². The minimum atomic E-state index is -0.374. The SMILES string of the molecule is CC[C@H]1CCc2sc(C(=O)OCC(=O)N3CCCc4ccccc43)cc2C1. The van der Waals surface area contributed by atoms with E-state index in [1.165, 1.54) is 40.2 Å². The summed E-state index contributed by atoms with van der Waals surface area (Å²) in [5.41, 5.74) is 3.42. The number of carbonyl (C=O) groups is 2. The number of amides is 1. The molecule has 1 aliphatic carbocycles. The average Bonchev–Trinajstić information content (AvgIpc) is 3.14. The first-order chi connectivity index (χ1) is 13.2. The lowest BCUT2D eigenvalue weighted by Crippen LogP contribution is -2.38. The first-order valence-corrected chi connectivity index (χ1v) is 10.6. The molecule has 1 aromatic carbocycles. The quantitative estimate of drug-likeness (QED) is 0.735. The number of hydrogen-bond acceptors (Lipinski definition) is 4. The molecule has 1 atom stereocenters. The number of thiophene rings is 1. The number of rotatable bonds is 4. The summed E-state index contributed by atoms with van der Waals surface area (Å²) in [5, 5.41) is 0. The summed E-state index contributed by atoms with van der Waals surface area (Å²) in [6, 6.07) is 9.93. The maximum atomic E-state index is 12.6. The van der Waals surface area contributed by atoms with Crippen molar-refractivity contribution in [1.29, 1.82) is 0 Å². The van der Waals surface area contributed by atoms with Crippen molar-refractivity contribution in [3.8, 4) is 0 Å². The largest absolute Gasteiger partial charge is 0.451 e. The minimum absolute atomic E-state index is 0.150. The molecule has 27 heavy (non-hydrogen) atoms. The smallest absolute Gasteiger partial charge is 0.348 e. The second kappa shape index (κ2) is 7.85. The summed E-state index contributed by atoms with van der Waals surface area (Å²) < 4.78 is 5.37. The van der Waals surface area contributed by atoms with Gasteiger partial charge < -0.3 is 9.64 Å². The lowest BCUT2D eigenvalue weighted by Gasteiger charge is -2.29. The topological polar surface area (TPSA) is 46.6 Å². The van der Waals surface area contributed by atoms with Crippen molar-refractivity contribution in [3.05, 3.63) is 51.2 Å². The van der Waals surface area contributed by atoms with E-state index in [1.54, 1.807) is 4.90 Å². The van der Waals surface area contributed by atoms with Crippen LogP contribution in [0.1, 0.15) is 51.9 Å². The fraction of sp³-hybridized carbons (Fsp3) is 0.455. The molecule has 0 bridgehead atoms. The first kappa shape index (κ1) is 18.2. The molecule has 0 fully saturated rings. The predicted octanol–water partition coefficient (Wildman–Crippen LogP) is 4.40. The van der Waals surface area contributed by atoms with Gasteiger partial charge in [0.2, 0.25) is 0 Å². The van der Waals surface area contributed by atoms with Gasteiger partial charge in [-0.05, 0) is 61.3 Å². The van der Waals surface area contributed by atoms with Crippen LogP contribution in [0, 0.1) is 5.92 Å². The number of nitrogens with zero attached hydrogens (tertiary/aromatic N) is 1. The van der Waals surface area contributed by atoms with E-state index in [4.69, 9.17) is 4.74 Å². The van der Waals surface area contributed by atoms with Gasteiger partial charge in [0.1, 0.15) is 4.88 Å². The van der Waals surface area contributed by atoms with E-state index in [1.807, 2.05) is 24.3 Å². The number of hydrogen-bond donors (Lipinski definition) is 0. The highest BCUT2D eigenvalue weighted by Gasteiger charge is 2.25. The molecule has 2 aromatic rings. The van der Waals surface area contributed by atoms with E-state index >= 15 is 0 Å². The summed E-state index contributed by atoms with van der Waals surface area (Å²) in [7, 11) is 0. The molecule has 1 aliphatic heterocycles. The van der Waals surface area contributed by atoms with Crippen molar-refractivity contribution in [1.82, 2.24) is 0 Å². The molecule has 5 heteroatoms. The lowest BCUT2D eigenvalue weighted by molar-refractivity contribution is -0.121. The van der Waals surface area contributed by atoms with Crippen LogP contribution < -0.4 is 4.90 Å². The van der Waals surface area contributed by atoms with Crippen molar-refractivity contribution in [2.75, 3.05) is 18.1 Å². The molecule has 0 spiro atoms. The molecule has 2 heterocycles. The Bertz CT molecular complexity index is 857. The second-order valence-corrected chi connectivity index (χ2v) is 8.57. The van der Waals surface area contributed by atoms with Gasteiger partial charge >= 0.3 is 5.97 Å². The molecule has 0 unspecified atom stereocenters. The van der Waals surface area contributed by atoms with Crippen LogP contribution in [-0.2, 0) is 28.8 Å². The Kier molecular flexibility index (Phi) is 5.30. The summed E-state index contributed by atoms with van der Waals surface area (Å²) in [6.07, 6.45) is 6.41. The first-order valence-electron chi connectivity index (χ1n) is 9.82. The van der Waals surface area contributed by atoms with Crippen LogP contribution in [-0.4, -0.2) is 25.0 Å². The van der Waals surface area contributed by atoms with Crippen LogP contribution in [0.5, 0.6) is 0 Å². The van der Waals surface area contributed by atoms with Crippen LogP contribution in [0.4, 0.5) is 5.69 Å². The second-order valence-electron chi connectivity index (χ2n) is 7.43. The lowest BCUT2D eigenvalue weighted by atomic mass is 9.87. The zero-order chi connectivity index (χ0) is 18.8. The Morgan fingerprint density at radius 2 is 2.07 bits per heavy atom. The molecule has 0 N–H and O–H groups in total. The maximum Gasteiger partial charge on any atom is 0.348 e. The van der Waals surface area contributed by atoms with Gasteiger partial charge in [-0.1, -0.05) is 31.5 Å². The third kappa shape index (κ3) is 3.79. The highest BCUT2D eigenvalue weighted by Crippen LogP contribution is 2.34. The molecule has 1 aromatic heterocycles. The van der Waals surface area contributed by atoms with Gasteiger partial charge in [0.05, 0.1) is 0 Å². The third-order valence-corrected chi connectivity index (χ3v) is 6.92. The molecule has 2 aliphatic rings. The zero-order valence-electron chi connectivity index (χ0n) is 15.7. The summed E-state index contributed by atoms with van der Waals surface area (Å²) in [4.78, 5) is 28.8. The Morgan fingerprint density at radius 3 is 2.93 bits per heavy atom. The Balaban J connectivity index is 1.39. The summed E-state index contributed by atoms with van der Waals surface area (Å²) in [6.45, 7) is 2.70. The number of anilines is 1. The molecule has 0 saturated heterocycles. The van der Waals surface area contributed by atoms with Gasteiger partial charge in [0, 0.05) is 17.1 Å². The van der Waals surface area contributed by atoms with Crippen LogP contribution in [0.15, 0.2) is 30.3 Å².